The minimum Gasteiger partial charge on any atom is -0.308 e. The van der Waals surface area contributed by atoms with E-state index < -0.39 is 0 Å². The van der Waals surface area contributed by atoms with Crippen LogP contribution in [0.15, 0.2) is 10.7 Å². The number of nitrogens with one attached hydrogen (secondary N) is 1. The lowest BCUT2D eigenvalue weighted by Crippen LogP contribution is -2.30. The van der Waals surface area contributed by atoms with Crippen molar-refractivity contribution in [2.45, 2.75) is 52.6 Å². The molecular formula is C13H22BrN3. The number of halogens is 1. The van der Waals surface area contributed by atoms with E-state index >= 15 is 0 Å². The van der Waals surface area contributed by atoms with Crippen LogP contribution in [-0.4, -0.2) is 16.3 Å². The predicted octanol–water partition coefficient (Wildman–Crippen LogP) is 3.68. The molecule has 0 aromatic carbocycles. The van der Waals surface area contributed by atoms with E-state index in [0.717, 1.165) is 11.0 Å². The molecule has 4 heteroatoms. The molecule has 1 fully saturated rings. The Kier molecular flexibility index (Phi) is 3.64. The van der Waals surface area contributed by atoms with Gasteiger partial charge in [0.15, 0.2) is 0 Å². The Hall–Kier alpha value is -0.350. The highest BCUT2D eigenvalue weighted by atomic mass is 79.9. The third-order valence-electron chi connectivity index (χ3n) is 3.69. The summed E-state index contributed by atoms with van der Waals surface area (Å²) >= 11 is 3.65. The first kappa shape index (κ1) is 13.1. The lowest BCUT2D eigenvalue weighted by molar-refractivity contribution is 0.338. The van der Waals surface area contributed by atoms with Crippen LogP contribution in [0.1, 0.15) is 58.3 Å². The van der Waals surface area contributed by atoms with E-state index in [1.807, 2.05) is 6.20 Å². The second-order valence-corrected chi connectivity index (χ2v) is 6.42. The zero-order valence-electron chi connectivity index (χ0n) is 11.1. The second-order valence-electron chi connectivity index (χ2n) is 5.56. The van der Waals surface area contributed by atoms with Crippen molar-refractivity contribution in [3.8, 4) is 0 Å². The summed E-state index contributed by atoms with van der Waals surface area (Å²) in [6.45, 7) is 9.89. The number of hydrogen-bond donors (Lipinski definition) is 1. The van der Waals surface area contributed by atoms with Crippen molar-refractivity contribution >= 4 is 15.9 Å². The lowest BCUT2D eigenvalue weighted by atomic mass is 9.95. The first-order chi connectivity index (χ1) is 7.99. The van der Waals surface area contributed by atoms with Gasteiger partial charge in [-0.05, 0) is 54.6 Å². The Balaban J connectivity index is 2.38. The topological polar surface area (TPSA) is 29.9 Å². The van der Waals surface area contributed by atoms with Gasteiger partial charge in [0.25, 0.3) is 0 Å². The van der Waals surface area contributed by atoms with Crippen molar-refractivity contribution < 1.29 is 0 Å². The van der Waals surface area contributed by atoms with Crippen molar-refractivity contribution in [1.82, 2.24) is 15.1 Å². The van der Waals surface area contributed by atoms with Gasteiger partial charge in [0, 0.05) is 6.04 Å². The summed E-state index contributed by atoms with van der Waals surface area (Å²) < 4.78 is 3.27. The highest BCUT2D eigenvalue weighted by Crippen LogP contribution is 2.55. The summed E-state index contributed by atoms with van der Waals surface area (Å²) in [4.78, 5) is 0. The summed E-state index contributed by atoms with van der Waals surface area (Å²) in [5, 5.41) is 8.12. The summed E-state index contributed by atoms with van der Waals surface area (Å²) in [6.07, 6.45) is 4.53. The maximum atomic E-state index is 4.49. The molecular weight excluding hydrogens is 278 g/mol. The molecule has 2 rings (SSSR count). The molecule has 0 bridgehead atoms. The van der Waals surface area contributed by atoms with Crippen molar-refractivity contribution in [2.75, 3.05) is 6.54 Å². The molecule has 1 N–H and O–H groups in total. The van der Waals surface area contributed by atoms with Gasteiger partial charge in [0.2, 0.25) is 0 Å². The van der Waals surface area contributed by atoms with Crippen LogP contribution in [0.5, 0.6) is 0 Å². The van der Waals surface area contributed by atoms with E-state index in [1.54, 1.807) is 0 Å². The molecule has 0 radical (unpaired) electrons. The van der Waals surface area contributed by atoms with Crippen LogP contribution < -0.4 is 5.32 Å². The van der Waals surface area contributed by atoms with E-state index in [1.165, 1.54) is 18.5 Å². The summed E-state index contributed by atoms with van der Waals surface area (Å²) in [5.74, 6) is 0. The Morgan fingerprint density at radius 1 is 1.53 bits per heavy atom. The molecule has 96 valence electrons. The number of aromatic nitrogens is 2. The maximum absolute atomic E-state index is 4.49. The molecule has 1 aromatic heterocycles. The molecule has 1 heterocycles. The molecule has 1 saturated carbocycles. The Morgan fingerprint density at radius 3 is 2.65 bits per heavy atom. The zero-order chi connectivity index (χ0) is 12.6. The van der Waals surface area contributed by atoms with Crippen LogP contribution in [-0.2, 0) is 0 Å². The van der Waals surface area contributed by atoms with Crippen molar-refractivity contribution in [1.29, 1.82) is 0 Å². The maximum Gasteiger partial charge on any atom is 0.0704 e. The Morgan fingerprint density at radius 2 is 2.18 bits per heavy atom. The molecule has 0 saturated heterocycles. The second kappa shape index (κ2) is 4.73. The highest BCUT2D eigenvalue weighted by Gasteiger charge is 2.47. The van der Waals surface area contributed by atoms with Crippen LogP contribution in [0.2, 0.25) is 0 Å². The summed E-state index contributed by atoms with van der Waals surface area (Å²) in [6, 6.07) is 0.812. The highest BCUT2D eigenvalue weighted by molar-refractivity contribution is 9.10. The molecule has 1 atom stereocenters. The molecule has 0 aliphatic heterocycles. The molecule has 1 aliphatic carbocycles. The van der Waals surface area contributed by atoms with Gasteiger partial charge >= 0.3 is 0 Å². The zero-order valence-corrected chi connectivity index (χ0v) is 12.7. The van der Waals surface area contributed by atoms with Crippen molar-refractivity contribution in [3.05, 3.63) is 16.4 Å². The lowest BCUT2D eigenvalue weighted by Gasteiger charge is -2.27. The van der Waals surface area contributed by atoms with E-state index in [4.69, 9.17) is 0 Å². The van der Waals surface area contributed by atoms with E-state index in [9.17, 15) is 0 Å². The average Bonchev–Trinajstić information content (AvgIpc) is 2.88. The van der Waals surface area contributed by atoms with Crippen LogP contribution in [0, 0.1) is 5.41 Å². The first-order valence-corrected chi connectivity index (χ1v) is 7.25. The first-order valence-electron chi connectivity index (χ1n) is 6.46. The van der Waals surface area contributed by atoms with E-state index in [2.05, 4.69) is 58.7 Å². The average molecular weight is 300 g/mol. The molecule has 1 aliphatic rings. The smallest absolute Gasteiger partial charge is 0.0704 e. The third kappa shape index (κ3) is 2.43. The van der Waals surface area contributed by atoms with Gasteiger partial charge in [-0.25, -0.2) is 0 Å². The molecule has 3 nitrogen and oxygen atoms in total. The molecule has 1 unspecified atom stereocenters. The Labute approximate surface area is 112 Å². The SMILES string of the molecule is CCNC(c1c(Br)cnn1C(C)C)C1(C)CC1. The quantitative estimate of drug-likeness (QED) is 0.899. The third-order valence-corrected chi connectivity index (χ3v) is 4.30. The van der Waals surface area contributed by atoms with Gasteiger partial charge in [-0.15, -0.1) is 0 Å². The Bertz CT molecular complexity index is 393. The minimum absolute atomic E-state index is 0.403. The largest absolute Gasteiger partial charge is 0.308 e. The predicted molar refractivity (Wildman–Crippen MR) is 74.1 cm³/mol. The van der Waals surface area contributed by atoms with Gasteiger partial charge in [-0.1, -0.05) is 13.8 Å². The van der Waals surface area contributed by atoms with Gasteiger partial charge in [0.05, 0.1) is 22.4 Å². The van der Waals surface area contributed by atoms with E-state index in [-0.39, 0.29) is 0 Å². The number of hydrogen-bond acceptors (Lipinski definition) is 2. The fourth-order valence-electron chi connectivity index (χ4n) is 2.40. The monoisotopic (exact) mass is 299 g/mol. The minimum atomic E-state index is 0.403. The van der Waals surface area contributed by atoms with Crippen molar-refractivity contribution in [3.63, 3.8) is 0 Å². The standard InChI is InChI=1S/C13H22BrN3/c1-5-15-12(13(4)6-7-13)11-10(14)8-16-17(11)9(2)3/h8-9,12,15H,5-7H2,1-4H3. The fourth-order valence-corrected chi connectivity index (χ4v) is 2.90. The van der Waals surface area contributed by atoms with Crippen LogP contribution >= 0.6 is 15.9 Å². The summed E-state index contributed by atoms with van der Waals surface area (Å²) in [5.41, 5.74) is 1.72. The summed E-state index contributed by atoms with van der Waals surface area (Å²) in [7, 11) is 0. The number of rotatable bonds is 5. The van der Waals surface area contributed by atoms with Gasteiger partial charge in [-0.2, -0.15) is 5.10 Å². The number of nitrogens with zero attached hydrogens (tertiary/aromatic N) is 2. The van der Waals surface area contributed by atoms with Crippen LogP contribution in [0.25, 0.3) is 0 Å². The normalized spacial score (nSPS) is 19.6. The molecule has 1 aromatic rings. The van der Waals surface area contributed by atoms with Crippen LogP contribution in [0.3, 0.4) is 0 Å². The van der Waals surface area contributed by atoms with Crippen LogP contribution in [0.4, 0.5) is 0 Å². The van der Waals surface area contributed by atoms with Crippen molar-refractivity contribution in [2.24, 2.45) is 5.41 Å². The van der Waals surface area contributed by atoms with Gasteiger partial charge in [-0.3, -0.25) is 4.68 Å². The van der Waals surface area contributed by atoms with Gasteiger partial charge in [0.1, 0.15) is 0 Å². The molecule has 0 spiro atoms. The molecule has 17 heavy (non-hydrogen) atoms. The van der Waals surface area contributed by atoms with Gasteiger partial charge < -0.3 is 5.32 Å². The van der Waals surface area contributed by atoms with E-state index in [0.29, 0.717) is 17.5 Å². The fraction of sp³-hybridized carbons (Fsp3) is 0.769. The molecule has 0 amide bonds.